The summed E-state index contributed by atoms with van der Waals surface area (Å²) in [7, 11) is 0. The van der Waals surface area contributed by atoms with Crippen LogP contribution in [0.2, 0.25) is 0 Å². The number of fused-ring (bicyclic) bond motifs is 10. The summed E-state index contributed by atoms with van der Waals surface area (Å²) in [5, 5.41) is 14.0. The van der Waals surface area contributed by atoms with Gasteiger partial charge in [-0.2, -0.15) is 5.26 Å². The summed E-state index contributed by atoms with van der Waals surface area (Å²) in [6.45, 7) is 0. The number of nitrogens with zero attached hydrogens (tertiary/aromatic N) is 3. The van der Waals surface area contributed by atoms with Crippen molar-refractivity contribution in [2.24, 2.45) is 0 Å². The summed E-state index contributed by atoms with van der Waals surface area (Å²) < 4.78 is 11.2. The quantitative estimate of drug-likeness (QED) is 0.202. The Bertz CT molecular complexity index is 2650. The molecule has 8 aromatic rings. The number of para-hydroxylation sites is 3. The maximum Gasteiger partial charge on any atom is 0.134 e. The van der Waals surface area contributed by atoms with Crippen molar-refractivity contribution in [3.05, 3.63) is 149 Å². The highest BCUT2D eigenvalue weighted by Gasteiger charge is 2.30. The minimum Gasteiger partial charge on any atom is -0.460 e. The van der Waals surface area contributed by atoms with Crippen LogP contribution in [0, 0.1) is 11.3 Å². The molecular formula is C43H29N3O. The van der Waals surface area contributed by atoms with Gasteiger partial charge < -0.3 is 13.6 Å². The summed E-state index contributed by atoms with van der Waals surface area (Å²) in [6, 6.07) is 43.2. The maximum absolute atomic E-state index is 10.3. The largest absolute Gasteiger partial charge is 0.460 e. The van der Waals surface area contributed by atoms with E-state index in [0.717, 1.165) is 70.4 Å². The molecule has 2 aliphatic rings. The van der Waals surface area contributed by atoms with E-state index in [1.54, 1.807) is 0 Å². The highest BCUT2D eigenvalue weighted by molar-refractivity contribution is 6.03. The van der Waals surface area contributed by atoms with Crippen LogP contribution in [-0.4, -0.2) is 9.13 Å². The lowest BCUT2D eigenvalue weighted by Gasteiger charge is -2.18. The predicted octanol–water partition coefficient (Wildman–Crippen LogP) is 10.6. The van der Waals surface area contributed by atoms with Gasteiger partial charge in [0.25, 0.3) is 0 Å². The summed E-state index contributed by atoms with van der Waals surface area (Å²) in [5.41, 5.74) is 14.5. The molecule has 2 aliphatic carbocycles. The lowest BCUT2D eigenvalue weighted by molar-refractivity contribution is 0.545. The average molecular weight is 604 g/mol. The number of allylic oxidation sites excluding steroid dienone is 1. The standard InChI is InChI=1S/C43H29N3O/c44-26-27-22-29(28-10-9-11-30(24-28)45-37-16-5-1-12-32(37)33-13-2-6-17-38(33)45)25-31(23-27)46-39-18-7-3-14-34(39)35-20-21-41-42(43(35)46)36-15-4-8-19-40(36)47-41/h1,3-12,14-19,22-25H,2,13,20-21H2. The number of hydrogen-bond acceptors (Lipinski definition) is 2. The van der Waals surface area contributed by atoms with Crippen LogP contribution in [0.4, 0.5) is 0 Å². The van der Waals surface area contributed by atoms with E-state index in [1.807, 2.05) is 18.2 Å². The van der Waals surface area contributed by atoms with Crippen LogP contribution >= 0.6 is 0 Å². The zero-order chi connectivity index (χ0) is 31.1. The zero-order valence-electron chi connectivity index (χ0n) is 25.7. The Kier molecular flexibility index (Phi) is 5.56. The van der Waals surface area contributed by atoms with E-state index in [4.69, 9.17) is 4.42 Å². The maximum atomic E-state index is 10.3. The second-order valence-electron chi connectivity index (χ2n) is 12.7. The molecule has 4 nitrogen and oxygen atoms in total. The molecule has 4 heteroatoms. The number of nitriles is 1. The molecule has 0 unspecified atom stereocenters. The molecule has 0 radical (unpaired) electrons. The van der Waals surface area contributed by atoms with Gasteiger partial charge in [-0.1, -0.05) is 72.8 Å². The van der Waals surface area contributed by atoms with Gasteiger partial charge in [0.05, 0.1) is 28.4 Å². The van der Waals surface area contributed by atoms with E-state index < -0.39 is 0 Å². The van der Waals surface area contributed by atoms with Gasteiger partial charge in [-0.3, -0.25) is 0 Å². The van der Waals surface area contributed by atoms with Crippen molar-refractivity contribution in [1.82, 2.24) is 9.13 Å². The Morgan fingerprint density at radius 1 is 0.617 bits per heavy atom. The first-order valence-electron chi connectivity index (χ1n) is 16.3. The summed E-state index contributed by atoms with van der Waals surface area (Å²) in [4.78, 5) is 0. The van der Waals surface area contributed by atoms with Crippen LogP contribution in [-0.2, 0) is 19.3 Å². The van der Waals surface area contributed by atoms with Gasteiger partial charge >= 0.3 is 0 Å². The van der Waals surface area contributed by atoms with E-state index in [2.05, 4.69) is 124 Å². The molecule has 0 saturated carbocycles. The predicted molar refractivity (Wildman–Crippen MR) is 190 cm³/mol. The smallest absolute Gasteiger partial charge is 0.134 e. The molecule has 0 atom stereocenters. The summed E-state index contributed by atoms with van der Waals surface area (Å²) >= 11 is 0. The number of benzene rings is 5. The molecule has 0 bridgehead atoms. The molecule has 0 N–H and O–H groups in total. The van der Waals surface area contributed by atoms with Crippen molar-refractivity contribution < 1.29 is 4.42 Å². The van der Waals surface area contributed by atoms with Crippen LogP contribution in [0.1, 0.15) is 34.6 Å². The Morgan fingerprint density at radius 2 is 1.36 bits per heavy atom. The van der Waals surface area contributed by atoms with Gasteiger partial charge in [-0.15, -0.1) is 0 Å². The monoisotopic (exact) mass is 603 g/mol. The van der Waals surface area contributed by atoms with Crippen LogP contribution in [0.3, 0.4) is 0 Å². The normalized spacial score (nSPS) is 13.5. The fourth-order valence-corrected chi connectivity index (χ4v) is 8.12. The molecule has 0 aliphatic heterocycles. The fraction of sp³-hybridized carbons (Fsp3) is 0.0930. The van der Waals surface area contributed by atoms with Gasteiger partial charge in [0.1, 0.15) is 11.3 Å². The molecule has 10 rings (SSSR count). The van der Waals surface area contributed by atoms with Crippen molar-refractivity contribution in [3.8, 4) is 39.8 Å². The second kappa shape index (κ2) is 9.97. The first kappa shape index (κ1) is 26.2. The van der Waals surface area contributed by atoms with E-state index in [0.29, 0.717) is 5.56 Å². The Morgan fingerprint density at radius 3 is 2.21 bits per heavy atom. The third kappa shape index (κ3) is 3.81. The van der Waals surface area contributed by atoms with Gasteiger partial charge in [-0.25, -0.2) is 0 Å². The van der Waals surface area contributed by atoms with Crippen LogP contribution in [0.25, 0.3) is 72.6 Å². The lowest BCUT2D eigenvalue weighted by atomic mass is 9.92. The van der Waals surface area contributed by atoms with Crippen molar-refractivity contribution >= 4 is 38.9 Å². The van der Waals surface area contributed by atoms with Gasteiger partial charge in [0.2, 0.25) is 0 Å². The number of rotatable bonds is 3. The SMILES string of the molecule is N#Cc1cc(-c2cccc(-n3c4c(c5ccccc53)CCC=C4)c2)cc(-n2c3c(c4ccccc42)CCc2oc4ccccc4c2-3)c1. The molecule has 222 valence electrons. The van der Waals surface area contributed by atoms with Gasteiger partial charge in [-0.05, 0) is 96.1 Å². The number of aryl methyl sites for hydroxylation is 3. The number of hydrogen-bond donors (Lipinski definition) is 0. The van der Waals surface area contributed by atoms with Gasteiger partial charge in [0.15, 0.2) is 0 Å². The molecule has 3 aromatic heterocycles. The van der Waals surface area contributed by atoms with Crippen molar-refractivity contribution in [2.45, 2.75) is 25.7 Å². The Labute approximate surface area is 272 Å². The third-order valence-corrected chi connectivity index (χ3v) is 10.1. The molecule has 0 amide bonds. The van der Waals surface area contributed by atoms with E-state index >= 15 is 0 Å². The van der Waals surface area contributed by atoms with Gasteiger partial charge in [0, 0.05) is 45.2 Å². The fourth-order valence-electron chi connectivity index (χ4n) is 8.12. The van der Waals surface area contributed by atoms with Crippen LogP contribution < -0.4 is 0 Å². The molecule has 0 fully saturated rings. The molecular weight excluding hydrogens is 574 g/mol. The zero-order valence-corrected chi connectivity index (χ0v) is 25.7. The van der Waals surface area contributed by atoms with Crippen LogP contribution in [0.5, 0.6) is 0 Å². The minimum atomic E-state index is 0.634. The lowest BCUT2D eigenvalue weighted by Crippen LogP contribution is -2.05. The number of furan rings is 1. The third-order valence-electron chi connectivity index (χ3n) is 10.1. The minimum absolute atomic E-state index is 0.634. The van der Waals surface area contributed by atoms with Crippen molar-refractivity contribution in [3.63, 3.8) is 0 Å². The van der Waals surface area contributed by atoms with E-state index in [-0.39, 0.29) is 0 Å². The highest BCUT2D eigenvalue weighted by Crippen LogP contribution is 2.46. The van der Waals surface area contributed by atoms with Crippen molar-refractivity contribution in [2.75, 3.05) is 0 Å². The molecule has 0 saturated heterocycles. The summed E-state index contributed by atoms with van der Waals surface area (Å²) in [6.07, 6.45) is 8.45. The number of aromatic nitrogens is 2. The van der Waals surface area contributed by atoms with Crippen molar-refractivity contribution in [1.29, 1.82) is 5.26 Å². The highest BCUT2D eigenvalue weighted by atomic mass is 16.3. The van der Waals surface area contributed by atoms with E-state index in [1.165, 1.54) is 44.4 Å². The first-order chi connectivity index (χ1) is 23.3. The second-order valence-corrected chi connectivity index (χ2v) is 12.7. The molecule has 5 aromatic carbocycles. The Hall–Kier alpha value is -6.05. The molecule has 3 heterocycles. The average Bonchev–Trinajstić information content (AvgIpc) is 3.79. The first-order valence-corrected chi connectivity index (χ1v) is 16.3. The Balaban J connectivity index is 1.20. The topological polar surface area (TPSA) is 46.8 Å². The molecule has 47 heavy (non-hydrogen) atoms. The van der Waals surface area contributed by atoms with E-state index in [9.17, 15) is 5.26 Å². The van der Waals surface area contributed by atoms with Crippen LogP contribution in [0.15, 0.2) is 126 Å². The molecule has 0 spiro atoms. The summed E-state index contributed by atoms with van der Waals surface area (Å²) in [5.74, 6) is 1.03.